The Bertz CT molecular complexity index is 231. The van der Waals surface area contributed by atoms with Crippen LogP contribution in [0.2, 0.25) is 39.3 Å². The van der Waals surface area contributed by atoms with E-state index in [1.54, 1.807) is 0 Å². The van der Waals surface area contributed by atoms with Gasteiger partial charge in [0.25, 0.3) is 0 Å². The predicted octanol–water partition coefficient (Wildman–Crippen LogP) is 2.96. The number of rotatable bonds is 6. The molecular weight excluding hydrogens is 234 g/mol. The van der Waals surface area contributed by atoms with Crippen LogP contribution >= 0.6 is 0 Å². The average molecular weight is 262 g/mol. The number of nitrogens with one attached hydrogen (secondary N) is 1. The Labute approximate surface area is 102 Å². The Morgan fingerprint density at radius 1 is 1.19 bits per heavy atom. The lowest BCUT2D eigenvalue weighted by Crippen LogP contribution is -2.53. The van der Waals surface area contributed by atoms with Crippen molar-refractivity contribution >= 4 is 22.5 Å². The van der Waals surface area contributed by atoms with Crippen molar-refractivity contribution < 1.29 is 9.22 Å². The Kier molecular flexibility index (Phi) is 5.93. The molecule has 0 saturated carbocycles. The van der Waals surface area contributed by atoms with Crippen LogP contribution in [0.5, 0.6) is 0 Å². The minimum atomic E-state index is -1.76. The van der Waals surface area contributed by atoms with E-state index in [2.05, 4.69) is 31.5 Å². The first-order chi connectivity index (χ1) is 7.05. The zero-order valence-corrected chi connectivity index (χ0v) is 13.8. The molecule has 0 aromatic carbocycles. The lowest BCUT2D eigenvalue weighted by atomic mass is 10.2. The van der Waals surface area contributed by atoms with Gasteiger partial charge in [-0.15, -0.1) is 0 Å². The van der Waals surface area contributed by atoms with Crippen molar-refractivity contribution in [2.45, 2.75) is 65.1 Å². The average Bonchev–Trinajstić information content (AvgIpc) is 1.97. The van der Waals surface area contributed by atoms with Gasteiger partial charge in [-0.2, -0.15) is 0 Å². The van der Waals surface area contributed by atoms with Crippen LogP contribution in [0.4, 0.5) is 0 Å². The highest BCUT2D eigenvalue weighted by Gasteiger charge is 2.29. The SMILES string of the molecule is CCC[C@H](N[Si](C)(C)C)C(=O)O[Si](C)(C)C. The van der Waals surface area contributed by atoms with Crippen LogP contribution in [0.15, 0.2) is 0 Å². The van der Waals surface area contributed by atoms with Crippen LogP contribution in [0.3, 0.4) is 0 Å². The Morgan fingerprint density at radius 3 is 2.00 bits per heavy atom. The number of carbonyl (C=O) groups is 1. The predicted molar refractivity (Wildman–Crippen MR) is 74.6 cm³/mol. The molecule has 0 unspecified atom stereocenters. The highest BCUT2D eigenvalue weighted by Crippen LogP contribution is 2.10. The summed E-state index contributed by atoms with van der Waals surface area (Å²) in [5, 5.41) is 0. The van der Waals surface area contributed by atoms with Crippen molar-refractivity contribution in [1.29, 1.82) is 0 Å². The van der Waals surface area contributed by atoms with Crippen molar-refractivity contribution in [2.75, 3.05) is 0 Å². The third kappa shape index (κ3) is 8.07. The van der Waals surface area contributed by atoms with Crippen molar-refractivity contribution in [3.8, 4) is 0 Å². The second-order valence-electron chi connectivity index (χ2n) is 6.27. The lowest BCUT2D eigenvalue weighted by Gasteiger charge is -2.28. The van der Waals surface area contributed by atoms with Crippen LogP contribution < -0.4 is 4.98 Å². The molecule has 1 atom stereocenters. The van der Waals surface area contributed by atoms with Gasteiger partial charge in [-0.3, -0.25) is 4.79 Å². The standard InChI is InChI=1S/C11H27NO2Si2/c1-8-9-10(12-15(2,3)4)11(13)14-16(5,6)7/h10,12H,8-9H2,1-7H3/t10-/m0/s1. The summed E-state index contributed by atoms with van der Waals surface area (Å²) in [4.78, 5) is 15.5. The maximum Gasteiger partial charge on any atom is 0.309 e. The van der Waals surface area contributed by atoms with Crippen molar-refractivity contribution in [2.24, 2.45) is 0 Å². The Balaban J connectivity index is 4.47. The van der Waals surface area contributed by atoms with Crippen molar-refractivity contribution in [3.63, 3.8) is 0 Å². The zero-order chi connectivity index (χ0) is 13.0. The van der Waals surface area contributed by atoms with Crippen LogP contribution in [-0.4, -0.2) is 28.6 Å². The summed E-state index contributed by atoms with van der Waals surface area (Å²) >= 11 is 0. The first kappa shape index (κ1) is 15.9. The van der Waals surface area contributed by atoms with Gasteiger partial charge in [-0.05, 0) is 26.1 Å². The first-order valence-corrected chi connectivity index (χ1v) is 13.0. The van der Waals surface area contributed by atoms with Gasteiger partial charge in [0.2, 0.25) is 8.32 Å². The van der Waals surface area contributed by atoms with Crippen LogP contribution in [0.25, 0.3) is 0 Å². The van der Waals surface area contributed by atoms with E-state index in [4.69, 9.17) is 4.43 Å². The van der Waals surface area contributed by atoms with Crippen molar-refractivity contribution in [3.05, 3.63) is 0 Å². The topological polar surface area (TPSA) is 38.3 Å². The van der Waals surface area contributed by atoms with Crippen LogP contribution in [-0.2, 0) is 9.22 Å². The molecule has 16 heavy (non-hydrogen) atoms. The molecule has 0 heterocycles. The van der Waals surface area contributed by atoms with Crippen molar-refractivity contribution in [1.82, 2.24) is 4.98 Å². The molecule has 0 aromatic heterocycles. The summed E-state index contributed by atoms with van der Waals surface area (Å²) in [6.45, 7) is 14.8. The molecule has 0 bridgehead atoms. The Morgan fingerprint density at radius 2 is 1.69 bits per heavy atom. The summed E-state index contributed by atoms with van der Waals surface area (Å²) in [6, 6.07) is -0.108. The van der Waals surface area contributed by atoms with Gasteiger partial charge in [-0.1, -0.05) is 33.0 Å². The van der Waals surface area contributed by atoms with E-state index in [1.807, 2.05) is 19.6 Å². The summed E-state index contributed by atoms with van der Waals surface area (Å²) in [5.41, 5.74) is 0. The van der Waals surface area contributed by atoms with Gasteiger partial charge in [-0.25, -0.2) is 0 Å². The molecule has 0 fully saturated rings. The Hall–Kier alpha value is -0.136. The zero-order valence-electron chi connectivity index (χ0n) is 11.8. The summed E-state index contributed by atoms with van der Waals surface area (Å²) in [6.07, 6.45) is 1.87. The van der Waals surface area contributed by atoms with Crippen LogP contribution in [0.1, 0.15) is 19.8 Å². The fraction of sp³-hybridized carbons (Fsp3) is 0.909. The minimum absolute atomic E-state index is 0.0524. The van der Waals surface area contributed by atoms with Gasteiger partial charge in [0.15, 0.2) is 0 Å². The van der Waals surface area contributed by atoms with E-state index in [0.29, 0.717) is 0 Å². The molecule has 0 spiro atoms. The maximum atomic E-state index is 12.0. The highest BCUT2D eigenvalue weighted by atomic mass is 28.4. The largest absolute Gasteiger partial charge is 0.519 e. The van der Waals surface area contributed by atoms with Gasteiger partial charge in [0, 0.05) is 0 Å². The monoisotopic (exact) mass is 261 g/mol. The third-order valence-corrected chi connectivity index (χ3v) is 3.90. The van der Waals surface area contributed by atoms with E-state index in [1.165, 1.54) is 0 Å². The normalized spacial score (nSPS) is 14.7. The highest BCUT2D eigenvalue weighted by molar-refractivity contribution is 6.74. The molecule has 96 valence electrons. The van der Waals surface area contributed by atoms with Gasteiger partial charge >= 0.3 is 5.97 Å². The molecule has 5 heteroatoms. The molecule has 0 saturated heterocycles. The van der Waals surface area contributed by atoms with Gasteiger partial charge in [0.05, 0.1) is 6.04 Å². The number of carbonyl (C=O) groups excluding carboxylic acids is 1. The third-order valence-electron chi connectivity index (χ3n) is 1.88. The molecule has 3 nitrogen and oxygen atoms in total. The van der Waals surface area contributed by atoms with Gasteiger partial charge < -0.3 is 9.41 Å². The molecule has 0 aliphatic carbocycles. The van der Waals surface area contributed by atoms with E-state index in [-0.39, 0.29) is 12.0 Å². The molecule has 0 rings (SSSR count). The van der Waals surface area contributed by atoms with E-state index in [9.17, 15) is 4.79 Å². The fourth-order valence-corrected chi connectivity index (χ4v) is 3.49. The molecule has 0 aliphatic rings. The molecule has 0 aliphatic heterocycles. The second-order valence-corrected chi connectivity index (χ2v) is 15.5. The molecular formula is C11H27NO2Si2. The fourth-order valence-electron chi connectivity index (χ4n) is 1.43. The minimum Gasteiger partial charge on any atom is -0.519 e. The second kappa shape index (κ2) is 5.98. The maximum absolute atomic E-state index is 12.0. The quantitative estimate of drug-likeness (QED) is 0.747. The van der Waals surface area contributed by atoms with E-state index in [0.717, 1.165) is 12.8 Å². The molecule has 0 amide bonds. The van der Waals surface area contributed by atoms with E-state index < -0.39 is 16.6 Å². The molecule has 0 radical (unpaired) electrons. The number of hydrogen-bond donors (Lipinski definition) is 1. The van der Waals surface area contributed by atoms with E-state index >= 15 is 0 Å². The first-order valence-electron chi connectivity index (χ1n) is 6.06. The molecule has 0 aromatic rings. The summed E-state index contributed by atoms with van der Waals surface area (Å²) in [7, 11) is -3.19. The van der Waals surface area contributed by atoms with Gasteiger partial charge in [0.1, 0.15) is 8.24 Å². The molecule has 1 N–H and O–H groups in total. The smallest absolute Gasteiger partial charge is 0.309 e. The lowest BCUT2D eigenvalue weighted by molar-refractivity contribution is -0.137. The summed E-state index contributed by atoms with van der Waals surface area (Å²) < 4.78 is 5.56. The summed E-state index contributed by atoms with van der Waals surface area (Å²) in [5.74, 6) is -0.0524. The van der Waals surface area contributed by atoms with Crippen LogP contribution in [0, 0.1) is 0 Å². The number of hydrogen-bond acceptors (Lipinski definition) is 3.